The van der Waals surface area contributed by atoms with E-state index < -0.39 is 23.5 Å². The summed E-state index contributed by atoms with van der Waals surface area (Å²) in [5.41, 5.74) is -0.00495. The lowest BCUT2D eigenvalue weighted by Crippen LogP contribution is -2.26. The minimum atomic E-state index is -0.745. The van der Waals surface area contributed by atoms with Gasteiger partial charge in [-0.15, -0.1) is 0 Å². The van der Waals surface area contributed by atoms with Crippen molar-refractivity contribution >= 4 is 17.8 Å². The minimum absolute atomic E-state index is 0.00495. The Morgan fingerprint density at radius 3 is 2.74 bits per heavy atom. The van der Waals surface area contributed by atoms with Crippen molar-refractivity contribution in [3.8, 4) is 0 Å². The number of allylic oxidation sites excluding steroid dienone is 1. The molecule has 3 heterocycles. The number of nitrogens with zero attached hydrogens (tertiary/aromatic N) is 1. The molecule has 6 nitrogen and oxygen atoms in total. The molecular weight excluding hydrogens is 298 g/mol. The number of rotatable bonds is 4. The Kier molecular flexibility index (Phi) is 3.65. The lowest BCUT2D eigenvalue weighted by atomic mass is 10.0. The van der Waals surface area contributed by atoms with Crippen molar-refractivity contribution in [1.82, 2.24) is 4.90 Å². The molecule has 1 aliphatic heterocycles. The van der Waals surface area contributed by atoms with Crippen LogP contribution in [0.5, 0.6) is 0 Å². The molecule has 23 heavy (non-hydrogen) atoms. The van der Waals surface area contributed by atoms with Gasteiger partial charge >= 0.3 is 0 Å². The fourth-order valence-corrected chi connectivity index (χ4v) is 2.54. The number of amides is 1. The molecule has 0 saturated carbocycles. The van der Waals surface area contributed by atoms with Crippen LogP contribution in [0.1, 0.15) is 23.3 Å². The van der Waals surface area contributed by atoms with Crippen molar-refractivity contribution < 1.29 is 23.5 Å². The largest absolute Gasteiger partial charge is 0.503 e. The molecule has 2 aromatic heterocycles. The Morgan fingerprint density at radius 1 is 1.35 bits per heavy atom. The van der Waals surface area contributed by atoms with Gasteiger partial charge in [-0.1, -0.05) is 0 Å². The van der Waals surface area contributed by atoms with E-state index in [4.69, 9.17) is 8.83 Å². The molecule has 1 N–H and O–H groups in total. The Balaban J connectivity index is 1.96. The van der Waals surface area contributed by atoms with Gasteiger partial charge in [-0.3, -0.25) is 9.59 Å². The summed E-state index contributed by atoms with van der Waals surface area (Å²) in [5, 5.41) is 10.1. The number of likely N-dealkylation sites (N-methyl/N-ethyl adjacent to an activating group) is 1. The van der Waals surface area contributed by atoms with Gasteiger partial charge in [0, 0.05) is 7.05 Å². The van der Waals surface area contributed by atoms with E-state index in [1.165, 1.54) is 30.4 Å². The van der Waals surface area contributed by atoms with Crippen LogP contribution in [0.25, 0.3) is 6.08 Å². The molecule has 1 aliphatic rings. The smallest absolute Gasteiger partial charge is 0.289 e. The van der Waals surface area contributed by atoms with E-state index in [0.717, 1.165) is 0 Å². The third-order valence-electron chi connectivity index (χ3n) is 3.68. The highest BCUT2D eigenvalue weighted by atomic mass is 16.3. The van der Waals surface area contributed by atoms with E-state index in [1.54, 1.807) is 31.2 Å². The normalized spacial score (nSPS) is 18.4. The van der Waals surface area contributed by atoms with Crippen molar-refractivity contribution in [2.45, 2.75) is 13.0 Å². The summed E-state index contributed by atoms with van der Waals surface area (Å²) in [6, 6.07) is 6.07. The number of aliphatic hydroxyl groups excluding tert-OH is 1. The van der Waals surface area contributed by atoms with Gasteiger partial charge in [-0.25, -0.2) is 0 Å². The minimum Gasteiger partial charge on any atom is -0.503 e. The van der Waals surface area contributed by atoms with Gasteiger partial charge < -0.3 is 18.8 Å². The maximum Gasteiger partial charge on any atom is 0.289 e. The fraction of sp³-hybridized carbons (Fsp3) is 0.176. The van der Waals surface area contributed by atoms with Crippen LogP contribution in [0.4, 0.5) is 0 Å². The first-order valence-electron chi connectivity index (χ1n) is 7.01. The number of ketones is 1. The molecule has 0 radical (unpaired) electrons. The molecule has 0 fully saturated rings. The molecule has 1 amide bonds. The third-order valence-corrected chi connectivity index (χ3v) is 3.68. The maximum absolute atomic E-state index is 12.5. The summed E-state index contributed by atoms with van der Waals surface area (Å²) in [6.07, 6.45) is 4.23. The first-order chi connectivity index (χ1) is 11.0. The van der Waals surface area contributed by atoms with Gasteiger partial charge in [-0.05, 0) is 43.3 Å². The predicted molar refractivity (Wildman–Crippen MR) is 81.4 cm³/mol. The van der Waals surface area contributed by atoms with Gasteiger partial charge in [0.2, 0.25) is 0 Å². The first-order valence-corrected chi connectivity index (χ1v) is 7.01. The van der Waals surface area contributed by atoms with Gasteiger partial charge in [0.05, 0.1) is 11.8 Å². The highest BCUT2D eigenvalue weighted by molar-refractivity contribution is 6.14. The first kappa shape index (κ1) is 14.9. The molecule has 1 atom stereocenters. The van der Waals surface area contributed by atoms with Crippen LogP contribution in [0.3, 0.4) is 0 Å². The van der Waals surface area contributed by atoms with Gasteiger partial charge in [0.1, 0.15) is 23.3 Å². The highest BCUT2D eigenvalue weighted by Gasteiger charge is 2.42. The van der Waals surface area contributed by atoms with Gasteiger partial charge in [0.15, 0.2) is 11.5 Å². The molecule has 2 aromatic rings. The van der Waals surface area contributed by atoms with Crippen molar-refractivity contribution in [3.63, 3.8) is 0 Å². The molecular formula is C17H15NO5. The molecule has 0 bridgehead atoms. The van der Waals surface area contributed by atoms with Crippen LogP contribution in [-0.4, -0.2) is 28.7 Å². The summed E-state index contributed by atoms with van der Waals surface area (Å²) < 4.78 is 10.6. The molecule has 6 heteroatoms. The zero-order valence-electron chi connectivity index (χ0n) is 12.6. The zero-order valence-corrected chi connectivity index (χ0v) is 12.6. The zero-order chi connectivity index (χ0) is 16.6. The second kappa shape index (κ2) is 5.64. The summed E-state index contributed by atoms with van der Waals surface area (Å²) in [5.74, 6) is -0.0565. The monoisotopic (exact) mass is 313 g/mol. The maximum atomic E-state index is 12.5. The molecule has 0 saturated heterocycles. The molecule has 0 aliphatic carbocycles. The number of aliphatic hydroxyl groups is 1. The summed E-state index contributed by atoms with van der Waals surface area (Å²) in [7, 11) is 1.51. The van der Waals surface area contributed by atoms with Gasteiger partial charge in [0.25, 0.3) is 5.91 Å². The van der Waals surface area contributed by atoms with Crippen LogP contribution < -0.4 is 0 Å². The Bertz CT molecular complexity index is 810. The lowest BCUT2D eigenvalue weighted by molar-refractivity contribution is -0.128. The van der Waals surface area contributed by atoms with Crippen molar-refractivity contribution in [2.24, 2.45) is 0 Å². The predicted octanol–water partition coefficient (Wildman–Crippen LogP) is 2.79. The molecule has 118 valence electrons. The second-order valence-electron chi connectivity index (χ2n) is 5.24. The highest BCUT2D eigenvalue weighted by Crippen LogP contribution is 2.37. The van der Waals surface area contributed by atoms with Crippen LogP contribution in [-0.2, 0) is 9.59 Å². The van der Waals surface area contributed by atoms with Crippen LogP contribution in [0, 0.1) is 6.92 Å². The average Bonchev–Trinajstić information content (AvgIpc) is 3.23. The van der Waals surface area contributed by atoms with E-state index in [1.807, 2.05) is 0 Å². The summed E-state index contributed by atoms with van der Waals surface area (Å²) in [6.45, 7) is 1.77. The number of furan rings is 2. The van der Waals surface area contributed by atoms with Gasteiger partial charge in [-0.2, -0.15) is 0 Å². The topological polar surface area (TPSA) is 83.9 Å². The van der Waals surface area contributed by atoms with E-state index >= 15 is 0 Å². The van der Waals surface area contributed by atoms with Crippen LogP contribution in [0.2, 0.25) is 0 Å². The fourth-order valence-electron chi connectivity index (χ4n) is 2.54. The number of carbonyl (C=O) groups is 2. The quantitative estimate of drug-likeness (QED) is 0.877. The number of carbonyl (C=O) groups excluding carboxylic acids is 2. The van der Waals surface area contributed by atoms with E-state index in [2.05, 4.69) is 0 Å². The molecule has 3 rings (SSSR count). The average molecular weight is 313 g/mol. The number of hydrogen-bond donors (Lipinski definition) is 1. The van der Waals surface area contributed by atoms with E-state index in [-0.39, 0.29) is 5.57 Å². The van der Waals surface area contributed by atoms with Crippen molar-refractivity contribution in [2.75, 3.05) is 7.05 Å². The molecule has 0 aromatic carbocycles. The third kappa shape index (κ3) is 2.59. The summed E-state index contributed by atoms with van der Waals surface area (Å²) >= 11 is 0. The molecule has 1 unspecified atom stereocenters. The number of aryl methyl sites for hydroxylation is 1. The Morgan fingerprint density at radius 2 is 2.13 bits per heavy atom. The standard InChI is InChI=1S/C17H15NO5/c1-10-5-8-13(23-10)15-14(16(20)17(21)18(15)2)12(19)7-6-11-4-3-9-22-11/h3-9,15,20H,1-2H3/b7-6+. The van der Waals surface area contributed by atoms with Crippen LogP contribution >= 0.6 is 0 Å². The Labute approximate surface area is 132 Å². The van der Waals surface area contributed by atoms with Crippen molar-refractivity contribution in [3.05, 3.63) is 65.2 Å². The van der Waals surface area contributed by atoms with Crippen LogP contribution in [0.15, 0.2) is 56.8 Å². The SMILES string of the molecule is Cc1ccc(C2C(C(=O)/C=C/c3ccco3)=C(O)C(=O)N2C)o1. The summed E-state index contributed by atoms with van der Waals surface area (Å²) in [4.78, 5) is 25.8. The van der Waals surface area contributed by atoms with E-state index in [9.17, 15) is 14.7 Å². The van der Waals surface area contributed by atoms with E-state index in [0.29, 0.717) is 17.3 Å². The lowest BCUT2D eigenvalue weighted by Gasteiger charge is -2.19. The molecule has 0 spiro atoms. The van der Waals surface area contributed by atoms with Crippen molar-refractivity contribution in [1.29, 1.82) is 0 Å². The Hall–Kier alpha value is -3.02. The second-order valence-corrected chi connectivity index (χ2v) is 5.24. The number of hydrogen-bond acceptors (Lipinski definition) is 5.